The largest absolute Gasteiger partial charge is 0.352 e. The quantitative estimate of drug-likeness (QED) is 0.713. The molecule has 1 rings (SSSR count). The highest BCUT2D eigenvalue weighted by atomic mass is 32.2. The molecule has 0 aromatic carbocycles. The number of piperidine rings is 1. The number of hydrogen-bond acceptors (Lipinski definition) is 4. The van der Waals surface area contributed by atoms with Crippen LogP contribution in [0.1, 0.15) is 46.0 Å². The molecule has 0 aromatic heterocycles. The summed E-state index contributed by atoms with van der Waals surface area (Å²) >= 11 is 0. The molecule has 1 heterocycles. The van der Waals surface area contributed by atoms with Gasteiger partial charge in [-0.05, 0) is 25.7 Å². The van der Waals surface area contributed by atoms with Crippen molar-refractivity contribution >= 4 is 15.9 Å². The van der Waals surface area contributed by atoms with Gasteiger partial charge in [-0.2, -0.15) is 0 Å². The molecule has 1 aliphatic heterocycles. The van der Waals surface area contributed by atoms with E-state index in [1.54, 1.807) is 0 Å². The smallest absolute Gasteiger partial charge is 0.237 e. The molecule has 1 unspecified atom stereocenters. The van der Waals surface area contributed by atoms with E-state index in [-0.39, 0.29) is 17.7 Å². The predicted octanol–water partition coefficient (Wildman–Crippen LogP) is 0.434. The van der Waals surface area contributed by atoms with Crippen LogP contribution in [0.3, 0.4) is 0 Å². The zero-order valence-electron chi connectivity index (χ0n) is 12.5. The van der Waals surface area contributed by atoms with Gasteiger partial charge < -0.3 is 11.1 Å². The molecule has 7 heteroatoms. The van der Waals surface area contributed by atoms with E-state index in [4.69, 9.17) is 5.73 Å². The SMILES string of the molecule is CCCC(N)C(=O)NC1CCN(S(=O)(=O)CCC)CC1. The van der Waals surface area contributed by atoms with Crippen LogP contribution in [-0.4, -0.2) is 49.6 Å². The molecule has 118 valence electrons. The maximum Gasteiger partial charge on any atom is 0.237 e. The lowest BCUT2D eigenvalue weighted by Gasteiger charge is -2.32. The standard InChI is InChI=1S/C13H27N3O3S/c1-3-5-12(14)13(17)15-11-6-8-16(9-7-11)20(18,19)10-4-2/h11-12H,3-10,14H2,1-2H3,(H,15,17). The molecule has 0 bridgehead atoms. The number of nitrogens with zero attached hydrogens (tertiary/aromatic N) is 1. The Bertz CT molecular complexity index is 403. The monoisotopic (exact) mass is 305 g/mol. The topological polar surface area (TPSA) is 92.5 Å². The predicted molar refractivity (Wildman–Crippen MR) is 79.7 cm³/mol. The average Bonchev–Trinajstić information content (AvgIpc) is 2.39. The number of sulfonamides is 1. The van der Waals surface area contributed by atoms with E-state index < -0.39 is 16.1 Å². The fourth-order valence-corrected chi connectivity index (χ4v) is 3.96. The number of carbonyl (C=O) groups is 1. The van der Waals surface area contributed by atoms with E-state index in [2.05, 4.69) is 5.32 Å². The molecular weight excluding hydrogens is 278 g/mol. The molecule has 3 N–H and O–H groups in total. The summed E-state index contributed by atoms with van der Waals surface area (Å²) in [5, 5.41) is 2.92. The molecule has 1 fully saturated rings. The van der Waals surface area contributed by atoms with E-state index >= 15 is 0 Å². The lowest BCUT2D eigenvalue weighted by atomic mass is 10.1. The minimum absolute atomic E-state index is 0.0403. The first-order valence-corrected chi connectivity index (χ1v) is 9.05. The van der Waals surface area contributed by atoms with Crippen molar-refractivity contribution in [3.8, 4) is 0 Å². The van der Waals surface area contributed by atoms with Crippen LogP contribution in [0.4, 0.5) is 0 Å². The molecule has 0 saturated carbocycles. The number of nitrogens with two attached hydrogens (primary N) is 1. The van der Waals surface area contributed by atoms with Crippen molar-refractivity contribution < 1.29 is 13.2 Å². The van der Waals surface area contributed by atoms with Crippen molar-refractivity contribution in [1.29, 1.82) is 0 Å². The molecule has 0 aliphatic carbocycles. The fourth-order valence-electron chi connectivity index (χ4n) is 2.42. The number of carbonyl (C=O) groups excluding carboxylic acids is 1. The molecule has 0 spiro atoms. The highest BCUT2D eigenvalue weighted by Crippen LogP contribution is 2.15. The van der Waals surface area contributed by atoms with Gasteiger partial charge in [0, 0.05) is 19.1 Å². The van der Waals surface area contributed by atoms with Gasteiger partial charge in [0.25, 0.3) is 0 Å². The lowest BCUT2D eigenvalue weighted by Crippen LogP contribution is -2.50. The van der Waals surface area contributed by atoms with Crippen LogP contribution in [0.2, 0.25) is 0 Å². The normalized spacial score (nSPS) is 19.8. The van der Waals surface area contributed by atoms with Crippen molar-refractivity contribution in [2.45, 2.75) is 58.0 Å². The Hall–Kier alpha value is -0.660. The van der Waals surface area contributed by atoms with Gasteiger partial charge in [0.05, 0.1) is 11.8 Å². The molecule has 20 heavy (non-hydrogen) atoms. The Balaban J connectivity index is 2.41. The zero-order valence-corrected chi connectivity index (χ0v) is 13.3. The van der Waals surface area contributed by atoms with Gasteiger partial charge >= 0.3 is 0 Å². The molecule has 0 aromatic rings. The number of amides is 1. The second kappa shape index (κ2) is 7.95. The van der Waals surface area contributed by atoms with Crippen LogP contribution in [-0.2, 0) is 14.8 Å². The fraction of sp³-hybridized carbons (Fsp3) is 0.923. The summed E-state index contributed by atoms with van der Waals surface area (Å²) in [4.78, 5) is 11.8. The van der Waals surface area contributed by atoms with Crippen LogP contribution in [0, 0.1) is 0 Å². The Kier molecular flexibility index (Phi) is 6.91. The summed E-state index contributed by atoms with van der Waals surface area (Å²) in [5.41, 5.74) is 5.76. The van der Waals surface area contributed by atoms with Crippen molar-refractivity contribution in [1.82, 2.24) is 9.62 Å². The molecule has 0 radical (unpaired) electrons. The van der Waals surface area contributed by atoms with Gasteiger partial charge in [-0.3, -0.25) is 4.79 Å². The first-order chi connectivity index (χ1) is 9.40. The van der Waals surface area contributed by atoms with Crippen LogP contribution >= 0.6 is 0 Å². The van der Waals surface area contributed by atoms with Crippen molar-refractivity contribution in [2.24, 2.45) is 5.73 Å². The van der Waals surface area contributed by atoms with Crippen LogP contribution in [0.5, 0.6) is 0 Å². The van der Waals surface area contributed by atoms with Crippen LogP contribution in [0.25, 0.3) is 0 Å². The molecule has 1 atom stereocenters. The third-order valence-electron chi connectivity index (χ3n) is 3.59. The summed E-state index contributed by atoms with van der Waals surface area (Å²) in [6.45, 7) is 4.82. The highest BCUT2D eigenvalue weighted by molar-refractivity contribution is 7.89. The maximum absolute atomic E-state index is 11.9. The van der Waals surface area contributed by atoms with E-state index in [0.717, 1.165) is 6.42 Å². The number of rotatable bonds is 7. The van der Waals surface area contributed by atoms with Gasteiger partial charge in [0.2, 0.25) is 15.9 Å². The lowest BCUT2D eigenvalue weighted by molar-refractivity contribution is -0.123. The Morgan fingerprint density at radius 2 is 1.90 bits per heavy atom. The second-order valence-electron chi connectivity index (χ2n) is 5.39. The minimum Gasteiger partial charge on any atom is -0.352 e. The number of nitrogens with one attached hydrogen (secondary N) is 1. The summed E-state index contributed by atoms with van der Waals surface area (Å²) in [6, 6.07) is -0.416. The van der Waals surface area contributed by atoms with Crippen molar-refractivity contribution in [3.63, 3.8) is 0 Å². The summed E-state index contributed by atoms with van der Waals surface area (Å²) in [6.07, 6.45) is 3.50. The third-order valence-corrected chi connectivity index (χ3v) is 5.67. The first-order valence-electron chi connectivity index (χ1n) is 7.44. The zero-order chi connectivity index (χ0) is 15.2. The van der Waals surface area contributed by atoms with Gasteiger partial charge in [-0.25, -0.2) is 12.7 Å². The Morgan fingerprint density at radius 3 is 2.40 bits per heavy atom. The second-order valence-corrected chi connectivity index (χ2v) is 7.48. The molecule has 1 amide bonds. The highest BCUT2D eigenvalue weighted by Gasteiger charge is 2.28. The molecule has 1 aliphatic rings. The van der Waals surface area contributed by atoms with Crippen molar-refractivity contribution in [2.75, 3.05) is 18.8 Å². The van der Waals surface area contributed by atoms with Gasteiger partial charge in [-0.15, -0.1) is 0 Å². The van der Waals surface area contributed by atoms with Gasteiger partial charge in [-0.1, -0.05) is 20.3 Å². The summed E-state index contributed by atoms with van der Waals surface area (Å²) < 4.78 is 25.4. The van der Waals surface area contributed by atoms with Gasteiger partial charge in [0.15, 0.2) is 0 Å². The molecular formula is C13H27N3O3S. The summed E-state index contributed by atoms with van der Waals surface area (Å²) in [7, 11) is -3.11. The average molecular weight is 305 g/mol. The Morgan fingerprint density at radius 1 is 1.30 bits per heavy atom. The van der Waals surface area contributed by atoms with E-state index in [1.807, 2.05) is 13.8 Å². The molecule has 1 saturated heterocycles. The van der Waals surface area contributed by atoms with Crippen molar-refractivity contribution in [3.05, 3.63) is 0 Å². The first kappa shape index (κ1) is 17.4. The Labute approximate surface area is 122 Å². The van der Waals surface area contributed by atoms with Gasteiger partial charge in [0.1, 0.15) is 0 Å². The maximum atomic E-state index is 11.9. The van der Waals surface area contributed by atoms with Crippen LogP contribution in [0.15, 0.2) is 0 Å². The van der Waals surface area contributed by atoms with E-state index in [0.29, 0.717) is 38.8 Å². The number of hydrogen-bond donors (Lipinski definition) is 2. The van der Waals surface area contributed by atoms with Crippen LogP contribution < -0.4 is 11.1 Å². The third kappa shape index (κ3) is 5.03. The molecule has 6 nitrogen and oxygen atoms in total. The minimum atomic E-state index is -3.11. The summed E-state index contributed by atoms with van der Waals surface area (Å²) in [5.74, 6) is 0.0764. The van der Waals surface area contributed by atoms with E-state index in [9.17, 15) is 13.2 Å². The van der Waals surface area contributed by atoms with E-state index in [1.165, 1.54) is 4.31 Å².